The summed E-state index contributed by atoms with van der Waals surface area (Å²) in [6.07, 6.45) is 0.732. The minimum atomic E-state index is -0.788. The zero-order valence-corrected chi connectivity index (χ0v) is 12.5. The van der Waals surface area contributed by atoms with Crippen LogP contribution in [0.3, 0.4) is 0 Å². The van der Waals surface area contributed by atoms with Gasteiger partial charge in [-0.25, -0.2) is 0 Å². The lowest BCUT2D eigenvalue weighted by atomic mass is 9.80. The van der Waals surface area contributed by atoms with Crippen LogP contribution in [0.25, 0.3) is 0 Å². The Morgan fingerprint density at radius 3 is 2.00 bits per heavy atom. The van der Waals surface area contributed by atoms with Crippen molar-refractivity contribution in [3.63, 3.8) is 0 Å². The van der Waals surface area contributed by atoms with Crippen molar-refractivity contribution in [2.75, 3.05) is 14.1 Å². The van der Waals surface area contributed by atoms with Crippen LogP contribution in [0.1, 0.15) is 17.5 Å². The molecule has 0 spiro atoms. The number of hydrogen-bond acceptors (Lipinski definition) is 2. The SMILES string of the molecule is CN(C)C(CC(=O)O)(Cc1ccccc1)c1ccccc1. The van der Waals surface area contributed by atoms with Crippen molar-refractivity contribution in [2.45, 2.75) is 18.4 Å². The molecule has 2 rings (SSSR count). The molecule has 110 valence electrons. The predicted octanol–water partition coefficient (Wildman–Crippen LogP) is 3.16. The molecule has 1 atom stereocenters. The molecule has 0 aromatic heterocycles. The molecule has 3 heteroatoms. The van der Waals surface area contributed by atoms with Gasteiger partial charge in [0.15, 0.2) is 0 Å². The van der Waals surface area contributed by atoms with Crippen LogP contribution >= 0.6 is 0 Å². The number of rotatable bonds is 6. The van der Waals surface area contributed by atoms with Crippen molar-refractivity contribution in [3.05, 3.63) is 71.8 Å². The number of benzene rings is 2. The number of carboxylic acids is 1. The molecule has 1 unspecified atom stereocenters. The molecule has 0 amide bonds. The van der Waals surface area contributed by atoms with Gasteiger partial charge in [0.25, 0.3) is 0 Å². The number of aliphatic carboxylic acids is 1. The second kappa shape index (κ2) is 6.55. The highest BCUT2D eigenvalue weighted by molar-refractivity contribution is 5.69. The summed E-state index contributed by atoms with van der Waals surface area (Å²) in [4.78, 5) is 13.5. The third-order valence-corrected chi connectivity index (χ3v) is 3.95. The Morgan fingerprint density at radius 2 is 1.52 bits per heavy atom. The van der Waals surface area contributed by atoms with Gasteiger partial charge in [-0.15, -0.1) is 0 Å². The summed E-state index contributed by atoms with van der Waals surface area (Å²) in [5.41, 5.74) is 1.62. The first-order valence-corrected chi connectivity index (χ1v) is 7.03. The van der Waals surface area contributed by atoms with E-state index in [0.29, 0.717) is 6.42 Å². The summed E-state index contributed by atoms with van der Waals surface area (Å²) in [5.74, 6) is -0.788. The summed E-state index contributed by atoms with van der Waals surface area (Å²) >= 11 is 0. The Kier molecular flexibility index (Phi) is 4.76. The van der Waals surface area contributed by atoms with Gasteiger partial charge in [0.2, 0.25) is 0 Å². The fourth-order valence-electron chi connectivity index (χ4n) is 2.77. The maximum absolute atomic E-state index is 11.5. The van der Waals surface area contributed by atoms with Crippen molar-refractivity contribution < 1.29 is 9.90 Å². The topological polar surface area (TPSA) is 40.5 Å². The Bertz CT molecular complexity index is 581. The molecule has 0 aliphatic rings. The Labute approximate surface area is 125 Å². The van der Waals surface area contributed by atoms with Gasteiger partial charge in [0.1, 0.15) is 0 Å². The molecular formula is C18H21NO2. The lowest BCUT2D eigenvalue weighted by Crippen LogP contribution is -2.45. The largest absolute Gasteiger partial charge is 0.481 e. The Morgan fingerprint density at radius 1 is 1.00 bits per heavy atom. The van der Waals surface area contributed by atoms with Gasteiger partial charge >= 0.3 is 5.97 Å². The molecule has 0 aliphatic carbocycles. The van der Waals surface area contributed by atoms with E-state index < -0.39 is 11.5 Å². The molecule has 0 saturated heterocycles. The molecule has 0 radical (unpaired) electrons. The summed E-state index contributed by atoms with van der Waals surface area (Å²) in [6, 6.07) is 19.9. The summed E-state index contributed by atoms with van der Waals surface area (Å²) < 4.78 is 0. The number of hydrogen-bond donors (Lipinski definition) is 1. The molecular weight excluding hydrogens is 262 g/mol. The highest BCUT2D eigenvalue weighted by Crippen LogP contribution is 2.34. The number of carboxylic acid groups (broad SMARTS) is 1. The maximum Gasteiger partial charge on any atom is 0.305 e. The molecule has 3 nitrogen and oxygen atoms in total. The first-order valence-electron chi connectivity index (χ1n) is 7.03. The van der Waals surface area contributed by atoms with Crippen LogP contribution < -0.4 is 0 Å². The number of likely N-dealkylation sites (N-methyl/N-ethyl adjacent to an activating group) is 1. The zero-order chi connectivity index (χ0) is 15.3. The number of carbonyl (C=O) groups is 1. The van der Waals surface area contributed by atoms with Crippen LogP contribution in [0, 0.1) is 0 Å². The van der Waals surface area contributed by atoms with Crippen molar-refractivity contribution in [3.8, 4) is 0 Å². The van der Waals surface area contributed by atoms with Crippen LogP contribution in [0.15, 0.2) is 60.7 Å². The molecule has 1 N–H and O–H groups in total. The third-order valence-electron chi connectivity index (χ3n) is 3.95. The third kappa shape index (κ3) is 3.50. The van der Waals surface area contributed by atoms with E-state index in [4.69, 9.17) is 0 Å². The monoisotopic (exact) mass is 283 g/mol. The summed E-state index contributed by atoms with van der Waals surface area (Å²) in [6.45, 7) is 0. The average molecular weight is 283 g/mol. The van der Waals surface area contributed by atoms with Crippen LogP contribution in [0.5, 0.6) is 0 Å². The van der Waals surface area contributed by atoms with E-state index in [0.717, 1.165) is 11.1 Å². The highest BCUT2D eigenvalue weighted by atomic mass is 16.4. The average Bonchev–Trinajstić information content (AvgIpc) is 2.48. The predicted molar refractivity (Wildman–Crippen MR) is 84.2 cm³/mol. The first-order chi connectivity index (χ1) is 10.0. The van der Waals surface area contributed by atoms with E-state index in [2.05, 4.69) is 0 Å². The fourth-order valence-corrected chi connectivity index (χ4v) is 2.77. The minimum absolute atomic E-state index is 0.0684. The molecule has 0 saturated carbocycles. The standard InChI is InChI=1S/C18H21NO2/c1-19(2)18(14-17(20)21,16-11-7-4-8-12-16)13-15-9-5-3-6-10-15/h3-12H,13-14H2,1-2H3,(H,20,21). The van der Waals surface area contributed by atoms with Gasteiger partial charge in [-0.2, -0.15) is 0 Å². The smallest absolute Gasteiger partial charge is 0.305 e. The van der Waals surface area contributed by atoms with E-state index in [-0.39, 0.29) is 6.42 Å². The van der Waals surface area contributed by atoms with Crippen molar-refractivity contribution in [1.82, 2.24) is 4.90 Å². The normalized spacial score (nSPS) is 13.9. The van der Waals surface area contributed by atoms with Crippen molar-refractivity contribution >= 4 is 5.97 Å². The Balaban J connectivity index is 2.48. The maximum atomic E-state index is 11.5. The van der Waals surface area contributed by atoms with Gasteiger partial charge in [-0.3, -0.25) is 9.69 Å². The lowest BCUT2D eigenvalue weighted by molar-refractivity contribution is -0.140. The van der Waals surface area contributed by atoms with E-state index in [9.17, 15) is 9.90 Å². The molecule has 0 bridgehead atoms. The van der Waals surface area contributed by atoms with Gasteiger partial charge < -0.3 is 5.11 Å². The minimum Gasteiger partial charge on any atom is -0.481 e. The van der Waals surface area contributed by atoms with Crippen LogP contribution in [0.4, 0.5) is 0 Å². The van der Waals surface area contributed by atoms with Gasteiger partial charge in [-0.1, -0.05) is 60.7 Å². The lowest BCUT2D eigenvalue weighted by Gasteiger charge is -2.40. The van der Waals surface area contributed by atoms with Gasteiger partial charge in [0.05, 0.1) is 12.0 Å². The van der Waals surface area contributed by atoms with Crippen LogP contribution in [0.2, 0.25) is 0 Å². The molecule has 0 fully saturated rings. The molecule has 2 aromatic carbocycles. The van der Waals surface area contributed by atoms with Crippen molar-refractivity contribution in [2.24, 2.45) is 0 Å². The zero-order valence-electron chi connectivity index (χ0n) is 12.5. The Hall–Kier alpha value is -2.13. The first kappa shape index (κ1) is 15.3. The van der Waals surface area contributed by atoms with Crippen LogP contribution in [-0.4, -0.2) is 30.1 Å². The second-order valence-corrected chi connectivity index (χ2v) is 5.52. The van der Waals surface area contributed by atoms with E-state index in [1.54, 1.807) is 0 Å². The summed E-state index contributed by atoms with van der Waals surface area (Å²) in [5, 5.41) is 9.41. The van der Waals surface area contributed by atoms with E-state index >= 15 is 0 Å². The summed E-state index contributed by atoms with van der Waals surface area (Å²) in [7, 11) is 3.89. The van der Waals surface area contributed by atoms with E-state index in [1.165, 1.54) is 0 Å². The van der Waals surface area contributed by atoms with E-state index in [1.807, 2.05) is 79.7 Å². The second-order valence-electron chi connectivity index (χ2n) is 5.52. The van der Waals surface area contributed by atoms with Crippen molar-refractivity contribution in [1.29, 1.82) is 0 Å². The molecule has 0 heterocycles. The highest BCUT2D eigenvalue weighted by Gasteiger charge is 2.37. The molecule has 0 aliphatic heterocycles. The molecule has 21 heavy (non-hydrogen) atoms. The van der Waals surface area contributed by atoms with Crippen LogP contribution in [-0.2, 0) is 16.8 Å². The number of nitrogens with zero attached hydrogens (tertiary/aromatic N) is 1. The van der Waals surface area contributed by atoms with Gasteiger partial charge in [-0.05, 0) is 31.6 Å². The fraction of sp³-hybridized carbons (Fsp3) is 0.278. The molecule has 2 aromatic rings. The quantitative estimate of drug-likeness (QED) is 0.885. The van der Waals surface area contributed by atoms with Gasteiger partial charge in [0, 0.05) is 0 Å².